The van der Waals surface area contributed by atoms with Gasteiger partial charge in [-0.25, -0.2) is 4.98 Å². The summed E-state index contributed by atoms with van der Waals surface area (Å²) in [4.78, 5) is 18.8. The van der Waals surface area contributed by atoms with Crippen molar-refractivity contribution in [2.75, 3.05) is 5.75 Å². The highest BCUT2D eigenvalue weighted by Gasteiger charge is 2.44. The lowest BCUT2D eigenvalue weighted by Gasteiger charge is -2.36. The first-order valence-electron chi connectivity index (χ1n) is 10.1. The van der Waals surface area contributed by atoms with Crippen LogP contribution in [0.5, 0.6) is 0 Å². The SMILES string of the molecule is CCCSc1nc2c(c(=O)n1CCC)C1(CCCC1)Cc1ccccc1-2. The van der Waals surface area contributed by atoms with Gasteiger partial charge in [-0.1, -0.05) is 62.7 Å². The number of nitrogens with zero attached hydrogens (tertiary/aromatic N) is 2. The Bertz CT molecular complexity index is 865. The number of hydrogen-bond acceptors (Lipinski definition) is 3. The smallest absolute Gasteiger partial charge is 0.258 e. The molecular formula is C22H28N2OS. The van der Waals surface area contributed by atoms with Crippen LogP contribution in [0.2, 0.25) is 0 Å². The van der Waals surface area contributed by atoms with Crippen LogP contribution in [0.1, 0.15) is 63.5 Å². The summed E-state index contributed by atoms with van der Waals surface area (Å²) in [5.41, 5.74) is 4.78. The Morgan fingerprint density at radius 1 is 1.15 bits per heavy atom. The van der Waals surface area contributed by atoms with Crippen LogP contribution < -0.4 is 5.56 Å². The second-order valence-electron chi connectivity index (χ2n) is 7.74. The van der Waals surface area contributed by atoms with E-state index in [1.54, 1.807) is 11.8 Å². The molecule has 26 heavy (non-hydrogen) atoms. The molecule has 0 unspecified atom stereocenters. The van der Waals surface area contributed by atoms with Gasteiger partial charge in [0.1, 0.15) is 0 Å². The minimum atomic E-state index is 0.0111. The summed E-state index contributed by atoms with van der Waals surface area (Å²) in [6, 6.07) is 8.59. The first-order valence-corrected chi connectivity index (χ1v) is 11.0. The molecule has 0 radical (unpaired) electrons. The zero-order valence-corrected chi connectivity index (χ0v) is 16.7. The molecule has 3 nitrogen and oxygen atoms in total. The fourth-order valence-electron chi connectivity index (χ4n) is 4.77. The summed E-state index contributed by atoms with van der Waals surface area (Å²) < 4.78 is 1.97. The molecule has 0 bridgehead atoms. The minimum absolute atomic E-state index is 0.0111. The zero-order valence-electron chi connectivity index (χ0n) is 15.9. The van der Waals surface area contributed by atoms with E-state index in [2.05, 4.69) is 38.1 Å². The number of thioether (sulfide) groups is 1. The number of aromatic nitrogens is 2. The fourth-order valence-corrected chi connectivity index (χ4v) is 5.64. The maximum atomic E-state index is 13.7. The number of fused-ring (bicyclic) bond motifs is 4. The molecule has 1 fully saturated rings. The van der Waals surface area contributed by atoms with E-state index in [4.69, 9.17) is 4.98 Å². The molecule has 4 rings (SSSR count). The van der Waals surface area contributed by atoms with E-state index < -0.39 is 0 Å². The summed E-state index contributed by atoms with van der Waals surface area (Å²) >= 11 is 1.73. The lowest BCUT2D eigenvalue weighted by atomic mass is 9.68. The van der Waals surface area contributed by atoms with Crippen LogP contribution >= 0.6 is 11.8 Å². The maximum absolute atomic E-state index is 13.7. The van der Waals surface area contributed by atoms with E-state index in [9.17, 15) is 4.79 Å². The van der Waals surface area contributed by atoms with Crippen LogP contribution in [0, 0.1) is 0 Å². The molecule has 0 atom stereocenters. The minimum Gasteiger partial charge on any atom is -0.287 e. The Kier molecular flexibility index (Phi) is 4.96. The zero-order chi connectivity index (χ0) is 18.1. The highest BCUT2D eigenvalue weighted by atomic mass is 32.2. The Labute approximate surface area is 160 Å². The Hall–Kier alpha value is -1.55. The Morgan fingerprint density at radius 2 is 1.92 bits per heavy atom. The predicted molar refractivity (Wildman–Crippen MR) is 109 cm³/mol. The van der Waals surface area contributed by atoms with Gasteiger partial charge in [0.25, 0.3) is 5.56 Å². The molecular weight excluding hydrogens is 340 g/mol. The molecule has 1 aromatic carbocycles. The van der Waals surface area contributed by atoms with Crippen LogP contribution in [0.3, 0.4) is 0 Å². The van der Waals surface area contributed by atoms with Crippen LogP contribution in [0.25, 0.3) is 11.3 Å². The molecule has 4 heteroatoms. The summed E-state index contributed by atoms with van der Waals surface area (Å²) in [5, 5.41) is 0.905. The van der Waals surface area contributed by atoms with Crippen molar-refractivity contribution < 1.29 is 0 Å². The highest BCUT2D eigenvalue weighted by Crippen LogP contribution is 2.49. The van der Waals surface area contributed by atoms with Gasteiger partial charge < -0.3 is 0 Å². The van der Waals surface area contributed by atoms with E-state index in [0.717, 1.165) is 60.8 Å². The largest absolute Gasteiger partial charge is 0.287 e. The molecule has 0 N–H and O–H groups in total. The summed E-state index contributed by atoms with van der Waals surface area (Å²) in [6.45, 7) is 5.08. The first-order chi connectivity index (χ1) is 12.7. The van der Waals surface area contributed by atoms with Crippen molar-refractivity contribution in [1.29, 1.82) is 0 Å². The molecule has 1 saturated carbocycles. The molecule has 0 saturated heterocycles. The third kappa shape index (κ3) is 2.83. The Morgan fingerprint density at radius 3 is 2.65 bits per heavy atom. The predicted octanol–water partition coefficient (Wildman–Crippen LogP) is 5.19. The lowest BCUT2D eigenvalue weighted by molar-refractivity contribution is 0.414. The quantitative estimate of drug-likeness (QED) is 0.538. The maximum Gasteiger partial charge on any atom is 0.258 e. The van der Waals surface area contributed by atoms with E-state index in [1.807, 2.05) is 4.57 Å². The van der Waals surface area contributed by atoms with Crippen LogP contribution in [0.15, 0.2) is 34.2 Å². The second kappa shape index (κ2) is 7.22. The molecule has 2 aromatic rings. The number of rotatable bonds is 5. The van der Waals surface area contributed by atoms with Crippen molar-refractivity contribution in [3.8, 4) is 11.3 Å². The van der Waals surface area contributed by atoms with Gasteiger partial charge in [0, 0.05) is 23.3 Å². The number of hydrogen-bond donors (Lipinski definition) is 0. The van der Waals surface area contributed by atoms with Crippen molar-refractivity contribution in [3.05, 3.63) is 45.7 Å². The van der Waals surface area contributed by atoms with Gasteiger partial charge in [-0.2, -0.15) is 0 Å². The highest BCUT2D eigenvalue weighted by molar-refractivity contribution is 7.99. The summed E-state index contributed by atoms with van der Waals surface area (Å²) in [6.07, 6.45) is 7.74. The van der Waals surface area contributed by atoms with Crippen molar-refractivity contribution in [1.82, 2.24) is 9.55 Å². The van der Waals surface area contributed by atoms with E-state index >= 15 is 0 Å². The number of benzene rings is 1. The van der Waals surface area contributed by atoms with Crippen LogP contribution in [-0.2, 0) is 18.4 Å². The average molecular weight is 369 g/mol. The van der Waals surface area contributed by atoms with Gasteiger partial charge in [0.15, 0.2) is 5.16 Å². The van der Waals surface area contributed by atoms with Gasteiger partial charge in [-0.3, -0.25) is 9.36 Å². The standard InChI is InChI=1S/C22H28N2OS/c1-3-13-24-20(25)18-19(23-21(24)26-14-4-2)17-10-6-5-9-16(17)15-22(18)11-7-8-12-22/h5-6,9-10H,3-4,7-8,11-15H2,1-2H3. The van der Waals surface area contributed by atoms with E-state index in [1.165, 1.54) is 24.0 Å². The summed E-state index contributed by atoms with van der Waals surface area (Å²) in [5.74, 6) is 1.00. The average Bonchev–Trinajstić information content (AvgIpc) is 3.11. The molecule has 2 aliphatic rings. The van der Waals surface area contributed by atoms with Gasteiger partial charge in [-0.05, 0) is 37.7 Å². The Balaban J connectivity index is 1.98. The first kappa shape index (κ1) is 17.8. The molecule has 2 aliphatic carbocycles. The monoisotopic (exact) mass is 368 g/mol. The van der Waals surface area contributed by atoms with Gasteiger partial charge in [0.05, 0.1) is 11.3 Å². The topological polar surface area (TPSA) is 34.9 Å². The molecule has 0 aliphatic heterocycles. The molecule has 1 heterocycles. The molecule has 138 valence electrons. The summed E-state index contributed by atoms with van der Waals surface area (Å²) in [7, 11) is 0. The molecule has 1 spiro atoms. The van der Waals surface area contributed by atoms with Crippen molar-refractivity contribution in [3.63, 3.8) is 0 Å². The van der Waals surface area contributed by atoms with Gasteiger partial charge >= 0.3 is 0 Å². The van der Waals surface area contributed by atoms with Crippen molar-refractivity contribution in [2.24, 2.45) is 0 Å². The molecule has 0 amide bonds. The molecule has 1 aromatic heterocycles. The normalized spacial score (nSPS) is 17.3. The van der Waals surface area contributed by atoms with E-state index in [-0.39, 0.29) is 11.0 Å². The van der Waals surface area contributed by atoms with E-state index in [0.29, 0.717) is 0 Å². The second-order valence-corrected chi connectivity index (χ2v) is 8.81. The fraction of sp³-hybridized carbons (Fsp3) is 0.545. The van der Waals surface area contributed by atoms with Crippen molar-refractivity contribution in [2.45, 2.75) is 75.9 Å². The van der Waals surface area contributed by atoms with Gasteiger partial charge in [-0.15, -0.1) is 0 Å². The third-order valence-electron chi connectivity index (χ3n) is 5.91. The lowest BCUT2D eigenvalue weighted by Crippen LogP contribution is -2.40. The van der Waals surface area contributed by atoms with Crippen LogP contribution in [0.4, 0.5) is 0 Å². The van der Waals surface area contributed by atoms with Crippen LogP contribution in [-0.4, -0.2) is 15.3 Å². The van der Waals surface area contributed by atoms with Gasteiger partial charge in [0.2, 0.25) is 0 Å². The third-order valence-corrected chi connectivity index (χ3v) is 7.09. The van der Waals surface area contributed by atoms with Crippen molar-refractivity contribution >= 4 is 11.8 Å².